The molecule has 0 aliphatic carbocycles. The van der Waals surface area contributed by atoms with Crippen molar-refractivity contribution in [1.82, 2.24) is 0 Å². The van der Waals surface area contributed by atoms with E-state index < -0.39 is 11.5 Å². The molecule has 4 heteroatoms. The molecule has 0 rings (SSSR count). The maximum atomic E-state index is 10.7. The second kappa shape index (κ2) is 8.53. The lowest BCUT2D eigenvalue weighted by Crippen LogP contribution is -2.49. The lowest BCUT2D eigenvalue weighted by molar-refractivity contribution is -0.145. The molecule has 0 bridgehead atoms. The van der Waals surface area contributed by atoms with Crippen molar-refractivity contribution in [2.45, 2.75) is 57.9 Å². The second-order valence-corrected chi connectivity index (χ2v) is 4.54. The molecule has 0 aromatic heterocycles. The molecule has 0 amide bonds. The number of hydrogen-bond acceptors (Lipinski definition) is 3. The number of carboxylic acid groups (broad SMARTS) is 1. The monoisotopic (exact) mass is 231 g/mol. The molecule has 3 N–H and O–H groups in total. The molecule has 96 valence electrons. The van der Waals surface area contributed by atoms with E-state index in [1.54, 1.807) is 0 Å². The minimum Gasteiger partial charge on any atom is -0.480 e. The Morgan fingerprint density at radius 3 is 2.38 bits per heavy atom. The van der Waals surface area contributed by atoms with E-state index in [0.717, 1.165) is 12.8 Å². The first kappa shape index (κ1) is 15.4. The third-order valence-corrected chi connectivity index (χ3v) is 2.53. The molecule has 0 saturated carbocycles. The van der Waals surface area contributed by atoms with Gasteiger partial charge in [-0.05, 0) is 13.3 Å². The maximum absolute atomic E-state index is 10.7. The number of unbranched alkanes of at least 4 members (excludes halogenated alkanes) is 5. The molecule has 0 aromatic rings. The van der Waals surface area contributed by atoms with Crippen LogP contribution in [0.25, 0.3) is 0 Å². The molecular weight excluding hydrogens is 206 g/mol. The highest BCUT2D eigenvalue weighted by molar-refractivity contribution is 5.77. The number of carbonyl (C=O) groups is 1. The second-order valence-electron chi connectivity index (χ2n) is 4.54. The van der Waals surface area contributed by atoms with Crippen LogP contribution in [0.5, 0.6) is 0 Å². The highest BCUT2D eigenvalue weighted by atomic mass is 16.5. The average molecular weight is 231 g/mol. The summed E-state index contributed by atoms with van der Waals surface area (Å²) in [4.78, 5) is 10.7. The number of ether oxygens (including phenoxy) is 1. The predicted molar refractivity (Wildman–Crippen MR) is 64.4 cm³/mol. The lowest BCUT2D eigenvalue weighted by Gasteiger charge is -2.18. The first-order chi connectivity index (χ1) is 7.50. The van der Waals surface area contributed by atoms with E-state index in [0.29, 0.717) is 6.61 Å². The molecule has 1 atom stereocenters. The highest BCUT2D eigenvalue weighted by Gasteiger charge is 2.27. The van der Waals surface area contributed by atoms with Gasteiger partial charge in [0, 0.05) is 6.61 Å². The van der Waals surface area contributed by atoms with Crippen LogP contribution >= 0.6 is 0 Å². The Balaban J connectivity index is 3.30. The van der Waals surface area contributed by atoms with E-state index in [4.69, 9.17) is 15.6 Å². The van der Waals surface area contributed by atoms with Crippen molar-refractivity contribution in [2.75, 3.05) is 13.2 Å². The van der Waals surface area contributed by atoms with E-state index in [9.17, 15) is 4.79 Å². The van der Waals surface area contributed by atoms with E-state index in [-0.39, 0.29) is 6.61 Å². The van der Waals surface area contributed by atoms with Gasteiger partial charge < -0.3 is 15.6 Å². The van der Waals surface area contributed by atoms with Crippen LogP contribution in [0.4, 0.5) is 0 Å². The highest BCUT2D eigenvalue weighted by Crippen LogP contribution is 2.06. The van der Waals surface area contributed by atoms with Crippen LogP contribution in [-0.4, -0.2) is 29.8 Å². The Morgan fingerprint density at radius 2 is 1.81 bits per heavy atom. The number of aliphatic carboxylic acids is 1. The molecule has 0 aliphatic rings. The van der Waals surface area contributed by atoms with Gasteiger partial charge in [-0.2, -0.15) is 0 Å². The van der Waals surface area contributed by atoms with E-state index in [1.807, 2.05) is 0 Å². The van der Waals surface area contributed by atoms with Gasteiger partial charge in [0.25, 0.3) is 0 Å². The minimum absolute atomic E-state index is 0.0806. The summed E-state index contributed by atoms with van der Waals surface area (Å²) in [6.45, 7) is 4.34. The van der Waals surface area contributed by atoms with Gasteiger partial charge in [0.2, 0.25) is 0 Å². The molecule has 0 radical (unpaired) electrons. The number of carboxylic acids is 1. The van der Waals surface area contributed by atoms with Crippen molar-refractivity contribution < 1.29 is 14.6 Å². The van der Waals surface area contributed by atoms with Gasteiger partial charge in [0.05, 0.1) is 6.61 Å². The SMILES string of the molecule is CCCCCCCCOCC(C)(N)C(=O)O. The molecule has 4 nitrogen and oxygen atoms in total. The summed E-state index contributed by atoms with van der Waals surface area (Å²) in [5.41, 5.74) is 4.25. The minimum atomic E-state index is -1.26. The molecule has 0 spiro atoms. The Hall–Kier alpha value is -0.610. The molecule has 0 aliphatic heterocycles. The fraction of sp³-hybridized carbons (Fsp3) is 0.917. The lowest BCUT2D eigenvalue weighted by atomic mass is 10.1. The van der Waals surface area contributed by atoms with Crippen LogP contribution in [0, 0.1) is 0 Å². The third-order valence-electron chi connectivity index (χ3n) is 2.53. The Morgan fingerprint density at radius 1 is 1.25 bits per heavy atom. The predicted octanol–water partition coefficient (Wildman–Crippen LogP) is 2.17. The molecule has 1 unspecified atom stereocenters. The molecule has 0 heterocycles. The van der Waals surface area contributed by atoms with Gasteiger partial charge >= 0.3 is 5.97 Å². The Kier molecular flexibility index (Phi) is 8.21. The summed E-state index contributed by atoms with van der Waals surface area (Å²) < 4.78 is 5.26. The first-order valence-corrected chi connectivity index (χ1v) is 6.10. The Labute approximate surface area is 98.2 Å². The number of hydrogen-bond donors (Lipinski definition) is 2. The van der Waals surface area contributed by atoms with Crippen LogP contribution in [0.3, 0.4) is 0 Å². The summed E-state index contributed by atoms with van der Waals surface area (Å²) in [5.74, 6) is -1.02. The van der Waals surface area contributed by atoms with Gasteiger partial charge in [-0.1, -0.05) is 39.0 Å². The smallest absolute Gasteiger partial charge is 0.325 e. The summed E-state index contributed by atoms with van der Waals surface area (Å²) in [5, 5.41) is 8.74. The maximum Gasteiger partial charge on any atom is 0.325 e. The van der Waals surface area contributed by atoms with Crippen molar-refractivity contribution in [3.05, 3.63) is 0 Å². The van der Waals surface area contributed by atoms with Gasteiger partial charge in [0.15, 0.2) is 0 Å². The van der Waals surface area contributed by atoms with E-state index >= 15 is 0 Å². The zero-order chi connectivity index (χ0) is 12.4. The summed E-state index contributed by atoms with van der Waals surface area (Å²) in [6.07, 6.45) is 7.19. The van der Waals surface area contributed by atoms with Gasteiger partial charge in [-0.25, -0.2) is 0 Å². The van der Waals surface area contributed by atoms with Crippen molar-refractivity contribution >= 4 is 5.97 Å². The topological polar surface area (TPSA) is 72.5 Å². The van der Waals surface area contributed by atoms with E-state index in [2.05, 4.69) is 6.92 Å². The van der Waals surface area contributed by atoms with Gasteiger partial charge in [-0.3, -0.25) is 4.79 Å². The van der Waals surface area contributed by atoms with Crippen LogP contribution < -0.4 is 5.73 Å². The van der Waals surface area contributed by atoms with Gasteiger partial charge in [-0.15, -0.1) is 0 Å². The van der Waals surface area contributed by atoms with Crippen LogP contribution in [-0.2, 0) is 9.53 Å². The fourth-order valence-corrected chi connectivity index (χ4v) is 1.33. The molecule has 16 heavy (non-hydrogen) atoms. The summed E-state index contributed by atoms with van der Waals surface area (Å²) in [7, 11) is 0. The van der Waals surface area contributed by atoms with Crippen molar-refractivity contribution in [3.63, 3.8) is 0 Å². The van der Waals surface area contributed by atoms with Crippen LogP contribution in [0.15, 0.2) is 0 Å². The van der Waals surface area contributed by atoms with Crippen LogP contribution in [0.1, 0.15) is 52.4 Å². The van der Waals surface area contributed by atoms with E-state index in [1.165, 1.54) is 32.6 Å². The van der Waals surface area contributed by atoms with Gasteiger partial charge in [0.1, 0.15) is 5.54 Å². The normalized spacial score (nSPS) is 14.7. The van der Waals surface area contributed by atoms with Crippen molar-refractivity contribution in [1.29, 1.82) is 0 Å². The number of nitrogens with two attached hydrogens (primary N) is 1. The third kappa shape index (κ3) is 7.65. The zero-order valence-corrected chi connectivity index (χ0v) is 10.5. The molecule has 0 saturated heterocycles. The average Bonchev–Trinajstić information content (AvgIpc) is 2.21. The van der Waals surface area contributed by atoms with Crippen LogP contribution in [0.2, 0.25) is 0 Å². The fourth-order valence-electron chi connectivity index (χ4n) is 1.33. The zero-order valence-electron chi connectivity index (χ0n) is 10.5. The number of rotatable bonds is 10. The molecule has 0 aromatic carbocycles. The van der Waals surface area contributed by atoms with Crippen molar-refractivity contribution in [3.8, 4) is 0 Å². The summed E-state index contributed by atoms with van der Waals surface area (Å²) in [6, 6.07) is 0. The summed E-state index contributed by atoms with van der Waals surface area (Å²) >= 11 is 0. The molecule has 0 fully saturated rings. The first-order valence-electron chi connectivity index (χ1n) is 6.10. The Bertz CT molecular complexity index is 193. The largest absolute Gasteiger partial charge is 0.480 e. The standard InChI is InChI=1S/C12H25NO3/c1-3-4-5-6-7-8-9-16-10-12(2,13)11(14)15/h3-10,13H2,1-2H3,(H,14,15). The van der Waals surface area contributed by atoms with Crippen molar-refractivity contribution in [2.24, 2.45) is 5.73 Å². The quantitative estimate of drug-likeness (QED) is 0.565. The molecular formula is C12H25NO3.